The van der Waals surface area contributed by atoms with E-state index < -0.39 is 6.10 Å². The van der Waals surface area contributed by atoms with Crippen molar-refractivity contribution in [3.8, 4) is 11.5 Å². The quantitative estimate of drug-likeness (QED) is 0.522. The highest BCUT2D eigenvalue weighted by Crippen LogP contribution is 2.50. The van der Waals surface area contributed by atoms with Gasteiger partial charge in [-0.3, -0.25) is 0 Å². The molecule has 0 saturated carbocycles. The maximum atomic E-state index is 10.1. The van der Waals surface area contributed by atoms with Gasteiger partial charge in [-0.25, -0.2) is 0 Å². The lowest BCUT2D eigenvalue weighted by atomic mass is 9.96. The Labute approximate surface area is 158 Å². The van der Waals surface area contributed by atoms with Crippen molar-refractivity contribution in [3.05, 3.63) is 53.6 Å². The number of hydrogen-bond acceptors (Lipinski definition) is 4. The fourth-order valence-corrected chi connectivity index (χ4v) is 4.72. The topological polar surface area (TPSA) is 47.9 Å². The largest absolute Gasteiger partial charge is 0.493 e. The third-order valence-corrected chi connectivity index (χ3v) is 6.54. The summed E-state index contributed by atoms with van der Waals surface area (Å²) in [6, 6.07) is 14.1. The lowest BCUT2D eigenvalue weighted by Gasteiger charge is -2.32. The van der Waals surface area contributed by atoms with Crippen molar-refractivity contribution in [1.29, 1.82) is 0 Å². The summed E-state index contributed by atoms with van der Waals surface area (Å²) in [4.78, 5) is 0. The smallest absolute Gasteiger partial charge is 0.188 e. The molecule has 26 heavy (non-hydrogen) atoms. The molecule has 0 radical (unpaired) electrons. The highest BCUT2D eigenvalue weighted by atomic mass is 31.1. The number of benzene rings is 2. The van der Waals surface area contributed by atoms with Crippen LogP contribution in [0.25, 0.3) is 0 Å². The lowest BCUT2D eigenvalue weighted by molar-refractivity contribution is 0.0480. The van der Waals surface area contributed by atoms with E-state index in [-0.39, 0.29) is 11.9 Å². The zero-order valence-corrected chi connectivity index (χ0v) is 17.2. The van der Waals surface area contributed by atoms with E-state index in [0.29, 0.717) is 14.3 Å². The Kier molecular flexibility index (Phi) is 7.45. The van der Waals surface area contributed by atoms with E-state index in [1.165, 1.54) is 5.30 Å². The summed E-state index contributed by atoms with van der Waals surface area (Å²) in [6.07, 6.45) is 0.435. The minimum atomic E-state index is -0.491. The zero-order valence-electron chi connectivity index (χ0n) is 16.2. The molecule has 0 aliphatic carbocycles. The normalized spacial score (nSPS) is 15.0. The van der Waals surface area contributed by atoms with Crippen LogP contribution in [-0.4, -0.2) is 26.1 Å². The molecule has 2 aromatic rings. The van der Waals surface area contributed by atoms with Crippen molar-refractivity contribution >= 4 is 13.9 Å². The minimum absolute atomic E-state index is 0.150. The number of ether oxygens (including phenoxy) is 3. The highest BCUT2D eigenvalue weighted by Gasteiger charge is 2.31. The average Bonchev–Trinajstić information content (AvgIpc) is 2.66. The monoisotopic (exact) mass is 376 g/mol. The van der Waals surface area contributed by atoms with Crippen molar-refractivity contribution in [2.45, 2.75) is 38.5 Å². The molecular weight excluding hydrogens is 347 g/mol. The van der Waals surface area contributed by atoms with E-state index in [9.17, 15) is 5.11 Å². The Balaban J connectivity index is 2.50. The van der Waals surface area contributed by atoms with Gasteiger partial charge in [0.1, 0.15) is 0 Å². The molecule has 3 unspecified atom stereocenters. The van der Waals surface area contributed by atoms with Crippen LogP contribution in [0.3, 0.4) is 0 Å². The van der Waals surface area contributed by atoms with E-state index in [1.54, 1.807) is 14.2 Å². The summed E-state index contributed by atoms with van der Waals surface area (Å²) >= 11 is 0. The molecule has 5 heteroatoms. The predicted octanol–water partition coefficient (Wildman–Crippen LogP) is 4.36. The van der Waals surface area contributed by atoms with E-state index in [1.807, 2.05) is 37.3 Å². The average molecular weight is 376 g/mol. The van der Waals surface area contributed by atoms with Crippen molar-refractivity contribution < 1.29 is 19.3 Å². The lowest BCUT2D eigenvalue weighted by Crippen LogP contribution is -2.22. The summed E-state index contributed by atoms with van der Waals surface area (Å²) < 4.78 is 16.5. The van der Waals surface area contributed by atoms with Crippen LogP contribution >= 0.6 is 8.58 Å². The van der Waals surface area contributed by atoms with E-state index in [0.717, 1.165) is 23.3 Å². The second-order valence-corrected chi connectivity index (χ2v) is 8.35. The van der Waals surface area contributed by atoms with Crippen LogP contribution in [0, 0.1) is 0 Å². The van der Waals surface area contributed by atoms with Gasteiger partial charge in [-0.1, -0.05) is 58.8 Å². The molecule has 0 bridgehead atoms. The third-order valence-electron chi connectivity index (χ3n) is 4.64. The van der Waals surface area contributed by atoms with Gasteiger partial charge in [0.05, 0.1) is 13.2 Å². The first-order valence-corrected chi connectivity index (χ1v) is 9.81. The molecule has 2 rings (SSSR count). The van der Waals surface area contributed by atoms with Gasteiger partial charge in [0.2, 0.25) is 0 Å². The molecule has 0 aliphatic heterocycles. The van der Waals surface area contributed by atoms with Crippen molar-refractivity contribution in [2.75, 3.05) is 21.0 Å². The first kappa shape index (κ1) is 20.7. The summed E-state index contributed by atoms with van der Waals surface area (Å²) in [6.45, 7) is 6.39. The number of methoxy groups -OCH3 is 2. The van der Waals surface area contributed by atoms with Gasteiger partial charge in [-0.15, -0.1) is 0 Å². The van der Waals surface area contributed by atoms with Crippen LogP contribution in [0.5, 0.6) is 11.5 Å². The molecule has 0 aliphatic rings. The van der Waals surface area contributed by atoms with Gasteiger partial charge in [-0.05, 0) is 30.3 Å². The molecule has 0 aromatic heterocycles. The Morgan fingerprint density at radius 1 is 1.12 bits per heavy atom. The molecule has 142 valence electrons. The third kappa shape index (κ3) is 4.56. The number of rotatable bonds is 9. The summed E-state index contributed by atoms with van der Waals surface area (Å²) in [5.41, 5.74) is 2.07. The van der Waals surface area contributed by atoms with Gasteiger partial charge >= 0.3 is 0 Å². The molecule has 3 atom stereocenters. The molecule has 0 fully saturated rings. The molecule has 0 spiro atoms. The molecular formula is C21H29O4P. The molecule has 0 saturated heterocycles. The number of aliphatic hydroxyl groups is 1. The number of para-hydroxylation sites is 1. The van der Waals surface area contributed by atoms with Gasteiger partial charge in [0.25, 0.3) is 0 Å². The van der Waals surface area contributed by atoms with E-state index in [4.69, 9.17) is 14.2 Å². The van der Waals surface area contributed by atoms with Crippen molar-refractivity contribution in [2.24, 2.45) is 0 Å². The summed E-state index contributed by atoms with van der Waals surface area (Å²) in [5.74, 6) is 1.43. The Morgan fingerprint density at radius 3 is 2.46 bits per heavy atom. The fraction of sp³-hybridized carbons (Fsp3) is 0.429. The van der Waals surface area contributed by atoms with Gasteiger partial charge in [-0.2, -0.15) is 0 Å². The fourth-order valence-electron chi connectivity index (χ4n) is 3.00. The number of aliphatic hydroxyl groups excluding tert-OH is 1. The minimum Gasteiger partial charge on any atom is -0.493 e. The maximum absolute atomic E-state index is 10.1. The molecule has 2 aromatic carbocycles. The molecule has 0 heterocycles. The van der Waals surface area contributed by atoms with Crippen LogP contribution in [0.15, 0.2) is 42.5 Å². The van der Waals surface area contributed by atoms with Crippen LogP contribution in [-0.2, 0) is 9.89 Å². The van der Waals surface area contributed by atoms with Crippen LogP contribution in [0.1, 0.15) is 44.4 Å². The van der Waals surface area contributed by atoms with Crippen molar-refractivity contribution in [3.63, 3.8) is 0 Å². The number of hydrogen-bond donors (Lipinski definition) is 1. The Morgan fingerprint density at radius 2 is 1.85 bits per heavy atom. The maximum Gasteiger partial charge on any atom is 0.188 e. The second kappa shape index (κ2) is 9.36. The van der Waals surface area contributed by atoms with Crippen LogP contribution in [0.4, 0.5) is 0 Å². The van der Waals surface area contributed by atoms with Gasteiger partial charge < -0.3 is 19.3 Å². The Bertz CT molecular complexity index is 717. The van der Waals surface area contributed by atoms with Crippen LogP contribution in [0.2, 0.25) is 0 Å². The predicted molar refractivity (Wildman–Crippen MR) is 108 cm³/mol. The van der Waals surface area contributed by atoms with Gasteiger partial charge in [0, 0.05) is 17.8 Å². The molecule has 4 nitrogen and oxygen atoms in total. The SMILES string of the molecule is CCC(C)(Pc1ccccc1C(C)O)c1cccc(OC)c1OCOC. The zero-order chi connectivity index (χ0) is 19.2. The summed E-state index contributed by atoms with van der Waals surface area (Å²) in [7, 11) is 3.73. The molecule has 0 amide bonds. The first-order chi connectivity index (χ1) is 12.5. The highest BCUT2D eigenvalue weighted by molar-refractivity contribution is 7.48. The van der Waals surface area contributed by atoms with E-state index in [2.05, 4.69) is 26.0 Å². The summed E-state index contributed by atoms with van der Waals surface area (Å²) in [5, 5.41) is 11.2. The van der Waals surface area contributed by atoms with Crippen molar-refractivity contribution in [1.82, 2.24) is 0 Å². The van der Waals surface area contributed by atoms with E-state index >= 15 is 0 Å². The first-order valence-electron chi connectivity index (χ1n) is 8.81. The second-order valence-electron chi connectivity index (χ2n) is 6.46. The standard InChI is InChI=1S/C21H29O4P/c1-6-21(3,26-19-13-8-7-10-16(19)15(2)22)17-11-9-12-18(24-5)20(17)25-14-23-4/h7-13,15,22,26H,6,14H2,1-5H3. The van der Waals surface area contributed by atoms with Gasteiger partial charge in [0.15, 0.2) is 18.3 Å². The Hall–Kier alpha value is -1.61. The van der Waals surface area contributed by atoms with Crippen LogP contribution < -0.4 is 14.8 Å². The molecule has 1 N–H and O–H groups in total.